The Hall–Kier alpha value is -3.33. The van der Waals surface area contributed by atoms with Gasteiger partial charge in [-0.15, -0.1) is 0 Å². The van der Waals surface area contributed by atoms with Gasteiger partial charge in [0.05, 0.1) is 32.8 Å². The number of rotatable bonds is 4. The number of hydrogen-bond acceptors (Lipinski definition) is 7. The number of esters is 1. The van der Waals surface area contributed by atoms with E-state index >= 15 is 0 Å². The Morgan fingerprint density at radius 2 is 2.00 bits per heavy atom. The number of ether oxygens (including phenoxy) is 4. The van der Waals surface area contributed by atoms with E-state index in [0.29, 0.717) is 23.6 Å². The minimum Gasteiger partial charge on any atom is -0.469 e. The summed E-state index contributed by atoms with van der Waals surface area (Å²) in [4.78, 5) is 39.9. The minimum atomic E-state index is -0.587. The van der Waals surface area contributed by atoms with Crippen LogP contribution in [-0.4, -0.2) is 61.5 Å². The maximum absolute atomic E-state index is 13.3. The molecule has 1 aromatic heterocycles. The molecule has 9 nitrogen and oxygen atoms in total. The predicted octanol–water partition coefficient (Wildman–Crippen LogP) is 1.20. The van der Waals surface area contributed by atoms with E-state index in [-0.39, 0.29) is 44.2 Å². The highest BCUT2D eigenvalue weighted by molar-refractivity contribution is 5.95. The molecule has 1 atom stereocenters. The van der Waals surface area contributed by atoms with Gasteiger partial charge in [0.25, 0.3) is 11.5 Å². The average molecular weight is 428 g/mol. The summed E-state index contributed by atoms with van der Waals surface area (Å²) in [6.07, 6.45) is 1.67. The molecule has 2 aliphatic heterocycles. The lowest BCUT2D eigenvalue weighted by atomic mass is 10.1. The van der Waals surface area contributed by atoms with Crippen LogP contribution in [0.25, 0.3) is 0 Å². The highest BCUT2D eigenvalue weighted by atomic mass is 16.7. The number of hydrogen-bond donors (Lipinski definition) is 0. The molecule has 1 aromatic carbocycles. The van der Waals surface area contributed by atoms with Crippen LogP contribution in [0, 0.1) is 12.8 Å². The summed E-state index contributed by atoms with van der Waals surface area (Å²) in [5.74, 6) is -0.144. The van der Waals surface area contributed by atoms with Crippen molar-refractivity contribution in [1.29, 1.82) is 0 Å². The number of fused-ring (bicyclic) bond motifs is 1. The fourth-order valence-corrected chi connectivity index (χ4v) is 3.75. The van der Waals surface area contributed by atoms with Crippen LogP contribution >= 0.6 is 0 Å². The van der Waals surface area contributed by atoms with Crippen LogP contribution in [-0.2, 0) is 20.8 Å². The topological polar surface area (TPSA) is 96.3 Å². The first kappa shape index (κ1) is 20.9. The summed E-state index contributed by atoms with van der Waals surface area (Å²) in [5, 5.41) is 0. The molecule has 3 heterocycles. The third-order valence-corrected chi connectivity index (χ3v) is 5.46. The van der Waals surface area contributed by atoms with E-state index in [1.165, 1.54) is 16.6 Å². The van der Waals surface area contributed by atoms with Gasteiger partial charge in [0, 0.05) is 19.3 Å². The summed E-state index contributed by atoms with van der Waals surface area (Å²) in [7, 11) is 1.30. The smallest absolute Gasteiger partial charge is 0.312 e. The third-order valence-electron chi connectivity index (χ3n) is 5.46. The Labute approximate surface area is 179 Å². The molecule has 0 radical (unpaired) electrons. The van der Waals surface area contributed by atoms with E-state index < -0.39 is 17.8 Å². The summed E-state index contributed by atoms with van der Waals surface area (Å²) < 4.78 is 22.5. The molecule has 9 heteroatoms. The first-order valence-electron chi connectivity index (χ1n) is 10.0. The van der Waals surface area contributed by atoms with Gasteiger partial charge in [0.1, 0.15) is 5.56 Å². The van der Waals surface area contributed by atoms with Crippen LogP contribution < -0.4 is 15.0 Å². The zero-order chi connectivity index (χ0) is 22.0. The average Bonchev–Trinajstić information content (AvgIpc) is 3.09. The Morgan fingerprint density at radius 3 is 2.81 bits per heavy atom. The molecule has 2 aromatic rings. The van der Waals surface area contributed by atoms with Crippen molar-refractivity contribution in [3.8, 4) is 11.5 Å². The molecule has 0 N–H and O–H groups in total. The van der Waals surface area contributed by atoms with Gasteiger partial charge in [-0.1, -0.05) is 6.07 Å². The summed E-state index contributed by atoms with van der Waals surface area (Å²) >= 11 is 0. The van der Waals surface area contributed by atoms with E-state index in [1.807, 2.05) is 12.1 Å². The van der Waals surface area contributed by atoms with Gasteiger partial charge in [-0.25, -0.2) is 0 Å². The van der Waals surface area contributed by atoms with Gasteiger partial charge in [-0.05, 0) is 36.2 Å². The second-order valence-corrected chi connectivity index (χ2v) is 7.54. The van der Waals surface area contributed by atoms with Crippen LogP contribution in [0.15, 0.2) is 35.3 Å². The largest absolute Gasteiger partial charge is 0.469 e. The lowest BCUT2D eigenvalue weighted by Gasteiger charge is -2.23. The first-order chi connectivity index (χ1) is 15.0. The Kier molecular flexibility index (Phi) is 5.94. The quantitative estimate of drug-likeness (QED) is 0.675. The van der Waals surface area contributed by atoms with Gasteiger partial charge in [-0.2, -0.15) is 0 Å². The molecular formula is C22H24N2O7. The van der Waals surface area contributed by atoms with Gasteiger partial charge >= 0.3 is 5.97 Å². The molecule has 31 heavy (non-hydrogen) atoms. The SMILES string of the molecule is COC(=O)C1COCCN(C(=O)c2c(C)ccn(Cc3ccc4c(c3)OCO4)c2=O)C1. The van der Waals surface area contributed by atoms with Crippen molar-refractivity contribution in [2.24, 2.45) is 5.92 Å². The molecule has 1 fully saturated rings. The van der Waals surface area contributed by atoms with E-state index in [0.717, 1.165) is 5.56 Å². The van der Waals surface area contributed by atoms with Crippen molar-refractivity contribution in [1.82, 2.24) is 9.47 Å². The maximum atomic E-state index is 13.3. The molecule has 0 spiro atoms. The second kappa shape index (κ2) is 8.81. The van der Waals surface area contributed by atoms with E-state index in [9.17, 15) is 14.4 Å². The zero-order valence-corrected chi connectivity index (χ0v) is 17.5. The summed E-state index contributed by atoms with van der Waals surface area (Å²) in [5.41, 5.74) is 1.13. The lowest BCUT2D eigenvalue weighted by molar-refractivity contribution is -0.147. The number of methoxy groups -OCH3 is 1. The predicted molar refractivity (Wildman–Crippen MR) is 109 cm³/mol. The fraction of sp³-hybridized carbons (Fsp3) is 0.409. The van der Waals surface area contributed by atoms with E-state index in [4.69, 9.17) is 18.9 Å². The monoisotopic (exact) mass is 428 g/mol. The molecule has 2 aliphatic rings. The molecule has 1 amide bonds. The van der Waals surface area contributed by atoms with Crippen molar-refractivity contribution >= 4 is 11.9 Å². The van der Waals surface area contributed by atoms with Crippen molar-refractivity contribution < 1.29 is 28.5 Å². The Balaban J connectivity index is 1.60. The minimum absolute atomic E-state index is 0.0914. The molecule has 0 bridgehead atoms. The molecule has 4 rings (SSSR count). The Morgan fingerprint density at radius 1 is 1.19 bits per heavy atom. The molecule has 164 valence electrons. The van der Waals surface area contributed by atoms with Crippen LogP contribution in [0.5, 0.6) is 11.5 Å². The molecule has 0 aliphatic carbocycles. The summed E-state index contributed by atoms with van der Waals surface area (Å²) in [6.45, 7) is 3.09. The lowest BCUT2D eigenvalue weighted by Crippen LogP contribution is -2.42. The van der Waals surface area contributed by atoms with Gasteiger partial charge < -0.3 is 28.4 Å². The van der Waals surface area contributed by atoms with Gasteiger partial charge in [0.2, 0.25) is 6.79 Å². The summed E-state index contributed by atoms with van der Waals surface area (Å²) in [6, 6.07) is 7.22. The number of amides is 1. The number of aromatic nitrogens is 1. The third kappa shape index (κ3) is 4.27. The highest BCUT2D eigenvalue weighted by Gasteiger charge is 2.30. The number of nitrogens with zero attached hydrogens (tertiary/aromatic N) is 2. The first-order valence-corrected chi connectivity index (χ1v) is 10.0. The van der Waals surface area contributed by atoms with Gasteiger partial charge in [0.15, 0.2) is 11.5 Å². The highest BCUT2D eigenvalue weighted by Crippen LogP contribution is 2.32. The van der Waals surface area contributed by atoms with Crippen LogP contribution in [0.2, 0.25) is 0 Å². The van der Waals surface area contributed by atoms with Crippen molar-refractivity contribution in [3.63, 3.8) is 0 Å². The molecule has 1 unspecified atom stereocenters. The number of carbonyl (C=O) groups is 2. The fourth-order valence-electron chi connectivity index (χ4n) is 3.75. The number of pyridine rings is 1. The van der Waals surface area contributed by atoms with E-state index in [1.54, 1.807) is 25.3 Å². The van der Waals surface area contributed by atoms with Crippen molar-refractivity contribution in [2.75, 3.05) is 40.2 Å². The Bertz CT molecular complexity index is 1060. The molecule has 0 saturated carbocycles. The van der Waals surface area contributed by atoms with E-state index in [2.05, 4.69) is 0 Å². The van der Waals surface area contributed by atoms with Crippen LogP contribution in [0.3, 0.4) is 0 Å². The van der Waals surface area contributed by atoms with Crippen LogP contribution in [0.1, 0.15) is 21.5 Å². The maximum Gasteiger partial charge on any atom is 0.312 e. The van der Waals surface area contributed by atoms with Crippen molar-refractivity contribution in [2.45, 2.75) is 13.5 Å². The normalized spacial score (nSPS) is 17.9. The number of aryl methyl sites for hydroxylation is 1. The van der Waals surface area contributed by atoms with Crippen molar-refractivity contribution in [3.05, 3.63) is 57.5 Å². The van der Waals surface area contributed by atoms with Gasteiger partial charge in [-0.3, -0.25) is 14.4 Å². The number of carbonyl (C=O) groups excluding carboxylic acids is 2. The second-order valence-electron chi connectivity index (χ2n) is 7.54. The standard InChI is InChI=1S/C22H24N2O7/c1-14-5-6-23(10-15-3-4-17-18(9-15)31-13-30-17)20(25)19(14)21(26)24-7-8-29-12-16(11-24)22(27)28-2/h3-6,9,16H,7-8,10-13H2,1-2H3. The van der Waals surface area contributed by atoms with Crippen LogP contribution in [0.4, 0.5) is 0 Å². The number of benzene rings is 1. The zero-order valence-electron chi connectivity index (χ0n) is 17.5. The molecule has 1 saturated heterocycles. The molecular weight excluding hydrogens is 404 g/mol.